The zero-order valence-corrected chi connectivity index (χ0v) is 40.2. The molecule has 6 heteroatoms. The summed E-state index contributed by atoms with van der Waals surface area (Å²) in [6.07, 6.45) is 49.8. The number of hydrogen-bond donors (Lipinski definition) is 0. The van der Waals surface area contributed by atoms with Crippen LogP contribution in [0.4, 0.5) is 0 Å². The van der Waals surface area contributed by atoms with Gasteiger partial charge in [0.2, 0.25) is 0 Å². The number of unbranched alkanes of at least 4 members (excludes halogenated alkanes) is 35. The Labute approximate surface area is 368 Å². The molecule has 0 aromatic rings. The Morgan fingerprint density at radius 1 is 0.322 bits per heavy atom. The Morgan fingerprint density at radius 3 is 0.831 bits per heavy atom. The minimum absolute atomic E-state index is 0.0637. The molecule has 0 aliphatic carbocycles. The van der Waals surface area contributed by atoms with Gasteiger partial charge in [-0.25, -0.2) is 0 Å². The van der Waals surface area contributed by atoms with E-state index in [0.29, 0.717) is 19.3 Å². The van der Waals surface area contributed by atoms with Gasteiger partial charge in [0.25, 0.3) is 0 Å². The van der Waals surface area contributed by atoms with Crippen LogP contribution in [0.5, 0.6) is 0 Å². The van der Waals surface area contributed by atoms with Crippen molar-refractivity contribution in [1.82, 2.24) is 0 Å². The Kier molecular flexibility index (Phi) is 46.2. The summed E-state index contributed by atoms with van der Waals surface area (Å²) < 4.78 is 16.7. The lowest BCUT2D eigenvalue weighted by Gasteiger charge is -2.18. The Morgan fingerprint density at radius 2 is 0.559 bits per heavy atom. The van der Waals surface area contributed by atoms with Crippen LogP contribution in [0.1, 0.15) is 297 Å². The summed E-state index contributed by atoms with van der Waals surface area (Å²) >= 11 is 0. The van der Waals surface area contributed by atoms with Gasteiger partial charge in [-0.3, -0.25) is 14.4 Å². The van der Waals surface area contributed by atoms with Crippen LogP contribution in [0.2, 0.25) is 0 Å². The van der Waals surface area contributed by atoms with Crippen LogP contribution in [-0.4, -0.2) is 37.2 Å². The van der Waals surface area contributed by atoms with E-state index >= 15 is 0 Å². The molecule has 0 spiro atoms. The van der Waals surface area contributed by atoms with Gasteiger partial charge < -0.3 is 14.2 Å². The minimum atomic E-state index is -0.759. The molecule has 6 nitrogen and oxygen atoms in total. The third-order valence-electron chi connectivity index (χ3n) is 12.0. The Hall–Kier alpha value is -1.59. The van der Waals surface area contributed by atoms with E-state index < -0.39 is 6.10 Å². The molecule has 0 saturated carbocycles. The first-order chi connectivity index (χ1) is 28.9. The van der Waals surface area contributed by atoms with Crippen molar-refractivity contribution in [1.29, 1.82) is 0 Å². The third-order valence-corrected chi connectivity index (χ3v) is 12.0. The van der Waals surface area contributed by atoms with E-state index in [4.69, 9.17) is 14.2 Å². The summed E-state index contributed by atoms with van der Waals surface area (Å²) in [5.41, 5.74) is 0. The molecule has 0 bridgehead atoms. The molecule has 0 aliphatic rings. The second-order valence-electron chi connectivity index (χ2n) is 18.6. The number of ether oxygens (including phenoxy) is 3. The van der Waals surface area contributed by atoms with Crippen LogP contribution < -0.4 is 0 Å². The van der Waals surface area contributed by atoms with Crippen LogP contribution in [0, 0.1) is 5.92 Å². The highest BCUT2D eigenvalue weighted by Gasteiger charge is 2.19. The summed E-state index contributed by atoms with van der Waals surface area (Å²) in [7, 11) is 0. The predicted molar refractivity (Wildman–Crippen MR) is 252 cm³/mol. The highest BCUT2D eigenvalue weighted by molar-refractivity contribution is 5.71. The maximum atomic E-state index is 12.7. The monoisotopic (exact) mass is 835 g/mol. The molecule has 0 aromatic carbocycles. The standard InChI is InChI=1S/C53H102O6/c1-5-7-9-11-12-13-14-15-16-17-18-21-25-28-31-34-38-42-46-53(56)59-50(47-57-51(54)44-40-35-10-8-6-2)48-58-52(55)45-41-37-33-30-27-24-22-19-20-23-26-29-32-36-39-43-49(3)4/h49-50H,5-48H2,1-4H3/t50-/m0/s1. The molecule has 0 amide bonds. The number of rotatable bonds is 48. The molecule has 0 N–H and O–H groups in total. The van der Waals surface area contributed by atoms with Crippen molar-refractivity contribution < 1.29 is 28.6 Å². The predicted octanol–water partition coefficient (Wildman–Crippen LogP) is 17.1. The van der Waals surface area contributed by atoms with E-state index in [1.807, 2.05) is 0 Å². The lowest BCUT2D eigenvalue weighted by Crippen LogP contribution is -2.30. The van der Waals surface area contributed by atoms with Crippen molar-refractivity contribution in [2.24, 2.45) is 5.92 Å². The van der Waals surface area contributed by atoms with Gasteiger partial charge in [0.05, 0.1) is 0 Å². The van der Waals surface area contributed by atoms with Crippen molar-refractivity contribution in [3.63, 3.8) is 0 Å². The van der Waals surface area contributed by atoms with Gasteiger partial charge in [-0.05, 0) is 25.2 Å². The molecule has 0 saturated heterocycles. The molecule has 1 atom stereocenters. The number of carbonyl (C=O) groups excluding carboxylic acids is 3. The van der Waals surface area contributed by atoms with Crippen molar-refractivity contribution in [3.05, 3.63) is 0 Å². The third kappa shape index (κ3) is 47.3. The van der Waals surface area contributed by atoms with Crippen LogP contribution in [0.15, 0.2) is 0 Å². The fourth-order valence-electron chi connectivity index (χ4n) is 8.04. The fraction of sp³-hybridized carbons (Fsp3) is 0.943. The van der Waals surface area contributed by atoms with Gasteiger partial charge in [0, 0.05) is 19.3 Å². The molecule has 0 fully saturated rings. The highest BCUT2D eigenvalue weighted by atomic mass is 16.6. The van der Waals surface area contributed by atoms with Crippen molar-refractivity contribution in [2.45, 2.75) is 303 Å². The van der Waals surface area contributed by atoms with E-state index in [2.05, 4.69) is 27.7 Å². The number of hydrogen-bond acceptors (Lipinski definition) is 6. The molecule has 0 heterocycles. The van der Waals surface area contributed by atoms with Crippen LogP contribution >= 0.6 is 0 Å². The largest absolute Gasteiger partial charge is 0.462 e. The summed E-state index contributed by atoms with van der Waals surface area (Å²) in [5.74, 6) is -0.00868. The van der Waals surface area contributed by atoms with Crippen LogP contribution in [0.3, 0.4) is 0 Å². The maximum Gasteiger partial charge on any atom is 0.306 e. The highest BCUT2D eigenvalue weighted by Crippen LogP contribution is 2.17. The van der Waals surface area contributed by atoms with Crippen LogP contribution in [-0.2, 0) is 28.6 Å². The van der Waals surface area contributed by atoms with Crippen molar-refractivity contribution in [2.75, 3.05) is 13.2 Å². The molecular formula is C53H102O6. The Balaban J connectivity index is 4.08. The van der Waals surface area contributed by atoms with Gasteiger partial charge in [-0.15, -0.1) is 0 Å². The molecule has 350 valence electrons. The molecular weight excluding hydrogens is 733 g/mol. The minimum Gasteiger partial charge on any atom is -0.462 e. The average molecular weight is 835 g/mol. The average Bonchev–Trinajstić information content (AvgIpc) is 3.22. The summed E-state index contributed by atoms with van der Waals surface area (Å²) in [6, 6.07) is 0. The first-order valence-corrected chi connectivity index (χ1v) is 26.4. The van der Waals surface area contributed by atoms with Gasteiger partial charge in [-0.2, -0.15) is 0 Å². The van der Waals surface area contributed by atoms with Crippen molar-refractivity contribution in [3.8, 4) is 0 Å². The van der Waals surface area contributed by atoms with Gasteiger partial charge in [0.1, 0.15) is 13.2 Å². The first kappa shape index (κ1) is 57.4. The van der Waals surface area contributed by atoms with Crippen molar-refractivity contribution >= 4 is 17.9 Å². The van der Waals surface area contributed by atoms with Gasteiger partial charge in [-0.1, -0.05) is 259 Å². The summed E-state index contributed by atoms with van der Waals surface area (Å²) in [5, 5.41) is 0. The van der Waals surface area contributed by atoms with Gasteiger partial charge >= 0.3 is 17.9 Å². The van der Waals surface area contributed by atoms with E-state index in [1.54, 1.807) is 0 Å². The summed E-state index contributed by atoms with van der Waals surface area (Å²) in [6.45, 7) is 8.97. The fourth-order valence-corrected chi connectivity index (χ4v) is 8.04. The lowest BCUT2D eigenvalue weighted by molar-refractivity contribution is -0.167. The molecule has 0 radical (unpaired) electrons. The molecule has 0 aliphatic heterocycles. The van der Waals surface area contributed by atoms with E-state index in [1.165, 1.54) is 186 Å². The summed E-state index contributed by atoms with van der Waals surface area (Å²) in [4.78, 5) is 37.7. The van der Waals surface area contributed by atoms with Crippen LogP contribution in [0.25, 0.3) is 0 Å². The quantitative estimate of drug-likeness (QED) is 0.0345. The topological polar surface area (TPSA) is 78.9 Å². The lowest BCUT2D eigenvalue weighted by atomic mass is 10.0. The van der Waals surface area contributed by atoms with Gasteiger partial charge in [0.15, 0.2) is 6.10 Å². The zero-order chi connectivity index (χ0) is 43.1. The van der Waals surface area contributed by atoms with E-state index in [9.17, 15) is 14.4 Å². The molecule has 0 unspecified atom stereocenters. The zero-order valence-electron chi connectivity index (χ0n) is 40.2. The maximum absolute atomic E-state index is 12.7. The van der Waals surface area contributed by atoms with E-state index in [-0.39, 0.29) is 31.1 Å². The number of carbonyl (C=O) groups is 3. The number of esters is 3. The smallest absolute Gasteiger partial charge is 0.306 e. The molecule has 0 rings (SSSR count). The van der Waals surface area contributed by atoms with E-state index in [0.717, 1.165) is 70.1 Å². The molecule has 0 aromatic heterocycles. The normalized spacial score (nSPS) is 11.9. The SMILES string of the molecule is CCCCCCCCCCCCCCCCCCCCC(=O)O[C@@H](COC(=O)CCCCCCC)COC(=O)CCCCCCCCCCCCCCCCCC(C)C. The second kappa shape index (κ2) is 47.5. The first-order valence-electron chi connectivity index (χ1n) is 26.4. The second-order valence-corrected chi connectivity index (χ2v) is 18.6. The Bertz CT molecular complexity index is 887. The molecule has 59 heavy (non-hydrogen) atoms.